The van der Waals surface area contributed by atoms with Crippen LogP contribution in [0.4, 0.5) is 5.95 Å². The molecule has 0 spiro atoms. The van der Waals surface area contributed by atoms with Crippen LogP contribution in [-0.2, 0) is 0 Å². The van der Waals surface area contributed by atoms with E-state index in [1.54, 1.807) is 0 Å². The summed E-state index contributed by atoms with van der Waals surface area (Å²) in [6.45, 7) is 12.2. The van der Waals surface area contributed by atoms with E-state index < -0.39 is 0 Å². The molecule has 0 radical (unpaired) electrons. The summed E-state index contributed by atoms with van der Waals surface area (Å²) in [6.07, 6.45) is 4.44. The molecule has 0 bridgehead atoms. The van der Waals surface area contributed by atoms with Crippen molar-refractivity contribution >= 4 is 11.9 Å². The van der Waals surface area contributed by atoms with Crippen LogP contribution in [0.15, 0.2) is 6.07 Å². The fraction of sp³-hybridized carbons (Fsp3) is 0.737. The fourth-order valence-electron chi connectivity index (χ4n) is 3.91. The summed E-state index contributed by atoms with van der Waals surface area (Å²) in [6, 6.07) is 2.20. The number of aryl methyl sites for hydroxylation is 1. The van der Waals surface area contributed by atoms with Crippen LogP contribution in [0.25, 0.3) is 0 Å². The summed E-state index contributed by atoms with van der Waals surface area (Å²) in [5, 5.41) is 0. The van der Waals surface area contributed by atoms with Crippen molar-refractivity contribution in [2.75, 3.05) is 44.2 Å². The van der Waals surface area contributed by atoms with Crippen molar-refractivity contribution in [1.82, 2.24) is 19.8 Å². The van der Waals surface area contributed by atoms with Gasteiger partial charge in [0.2, 0.25) is 5.95 Å². The fourth-order valence-corrected chi connectivity index (χ4v) is 3.91. The monoisotopic (exact) mass is 345 g/mol. The zero-order valence-electron chi connectivity index (χ0n) is 15.9. The summed E-state index contributed by atoms with van der Waals surface area (Å²) in [4.78, 5) is 29.0. The second-order valence-corrected chi connectivity index (χ2v) is 7.17. The molecule has 0 N–H and O–H groups in total. The minimum absolute atomic E-state index is 0.0745. The zero-order valence-corrected chi connectivity index (χ0v) is 15.9. The first-order valence-electron chi connectivity index (χ1n) is 9.76. The molecule has 25 heavy (non-hydrogen) atoms. The molecule has 2 aliphatic heterocycles. The zero-order chi connectivity index (χ0) is 17.8. The summed E-state index contributed by atoms with van der Waals surface area (Å²) in [5.74, 6) is 0.787. The Hall–Kier alpha value is -1.69. The Kier molecular flexibility index (Phi) is 5.89. The summed E-state index contributed by atoms with van der Waals surface area (Å²) in [5.41, 5.74) is 1.43. The van der Waals surface area contributed by atoms with Gasteiger partial charge in [-0.15, -0.1) is 0 Å². The van der Waals surface area contributed by atoms with E-state index in [2.05, 4.69) is 33.6 Å². The van der Waals surface area contributed by atoms with Gasteiger partial charge in [-0.1, -0.05) is 13.8 Å². The number of piperazine rings is 1. The lowest BCUT2D eigenvalue weighted by atomic mass is 9.99. The first kappa shape index (κ1) is 18.1. The molecule has 2 fully saturated rings. The van der Waals surface area contributed by atoms with E-state index in [-0.39, 0.29) is 5.91 Å². The van der Waals surface area contributed by atoms with Crippen molar-refractivity contribution < 1.29 is 4.79 Å². The molecule has 6 nitrogen and oxygen atoms in total. The highest BCUT2D eigenvalue weighted by atomic mass is 16.2. The first-order chi connectivity index (χ1) is 12.1. The minimum atomic E-state index is 0.0745. The number of nitrogens with zero attached hydrogens (tertiary/aromatic N) is 5. The molecule has 1 unspecified atom stereocenters. The predicted octanol–water partition coefficient (Wildman–Crippen LogP) is 2.33. The van der Waals surface area contributed by atoms with Gasteiger partial charge in [0.25, 0.3) is 5.91 Å². The second-order valence-electron chi connectivity index (χ2n) is 7.17. The molecule has 3 rings (SSSR count). The van der Waals surface area contributed by atoms with E-state index >= 15 is 0 Å². The highest BCUT2D eigenvalue weighted by Gasteiger charge is 2.28. The number of carbonyl (C=O) groups excluding carboxylic acids is 1. The highest BCUT2D eigenvalue weighted by Crippen LogP contribution is 2.22. The van der Waals surface area contributed by atoms with Gasteiger partial charge in [-0.25, -0.2) is 9.97 Å². The average molecular weight is 345 g/mol. The predicted molar refractivity (Wildman–Crippen MR) is 100 cm³/mol. The lowest BCUT2D eigenvalue weighted by Crippen LogP contribution is -2.47. The van der Waals surface area contributed by atoms with Gasteiger partial charge in [0.1, 0.15) is 5.69 Å². The Balaban J connectivity index is 1.78. The normalized spacial score (nSPS) is 22.3. The van der Waals surface area contributed by atoms with Crippen molar-refractivity contribution in [2.24, 2.45) is 0 Å². The van der Waals surface area contributed by atoms with Gasteiger partial charge in [-0.3, -0.25) is 4.79 Å². The summed E-state index contributed by atoms with van der Waals surface area (Å²) < 4.78 is 0. The SMILES string of the molecule is CCC1CCCCN1C(=O)c1cc(C)nc(N2CCN(CC)CC2)n1. The molecule has 2 saturated heterocycles. The van der Waals surface area contributed by atoms with Crippen LogP contribution >= 0.6 is 0 Å². The topological polar surface area (TPSA) is 52.6 Å². The standard InChI is InChI=1S/C19H31N5O/c1-4-16-8-6-7-9-24(16)18(25)17-14-15(3)20-19(21-17)23-12-10-22(5-2)11-13-23/h14,16H,4-13H2,1-3H3. The molecule has 0 saturated carbocycles. The quantitative estimate of drug-likeness (QED) is 0.838. The molecular formula is C19H31N5O. The van der Waals surface area contributed by atoms with Gasteiger partial charge in [-0.2, -0.15) is 0 Å². The molecule has 1 aromatic heterocycles. The molecule has 1 atom stereocenters. The number of carbonyl (C=O) groups is 1. The van der Waals surface area contributed by atoms with Gasteiger partial charge >= 0.3 is 0 Å². The van der Waals surface area contributed by atoms with Crippen molar-refractivity contribution in [3.8, 4) is 0 Å². The number of likely N-dealkylation sites (tertiary alicyclic amines) is 1. The molecule has 0 aromatic carbocycles. The Morgan fingerprint density at radius 3 is 2.56 bits per heavy atom. The number of piperidine rings is 1. The van der Waals surface area contributed by atoms with Crippen LogP contribution in [0.1, 0.15) is 55.7 Å². The van der Waals surface area contributed by atoms with Crippen molar-refractivity contribution in [1.29, 1.82) is 0 Å². The number of hydrogen-bond acceptors (Lipinski definition) is 5. The number of anilines is 1. The molecule has 138 valence electrons. The maximum atomic E-state index is 13.1. The second kappa shape index (κ2) is 8.13. The number of amides is 1. The minimum Gasteiger partial charge on any atom is -0.338 e. The van der Waals surface area contributed by atoms with E-state index in [1.165, 1.54) is 6.42 Å². The highest BCUT2D eigenvalue weighted by molar-refractivity contribution is 5.93. The average Bonchev–Trinajstić information content (AvgIpc) is 2.67. The molecule has 6 heteroatoms. The van der Waals surface area contributed by atoms with Crippen LogP contribution in [0.5, 0.6) is 0 Å². The molecule has 1 aromatic rings. The van der Waals surface area contributed by atoms with E-state index in [0.29, 0.717) is 17.7 Å². The maximum Gasteiger partial charge on any atom is 0.272 e. The molecule has 2 aliphatic rings. The van der Waals surface area contributed by atoms with E-state index in [0.717, 1.165) is 64.2 Å². The van der Waals surface area contributed by atoms with E-state index in [1.807, 2.05) is 17.9 Å². The molecular weight excluding hydrogens is 314 g/mol. The smallest absolute Gasteiger partial charge is 0.272 e. The molecule has 3 heterocycles. The lowest BCUT2D eigenvalue weighted by molar-refractivity contribution is 0.0601. The number of hydrogen-bond donors (Lipinski definition) is 0. The van der Waals surface area contributed by atoms with Gasteiger partial charge in [-0.05, 0) is 45.2 Å². The van der Waals surface area contributed by atoms with Crippen molar-refractivity contribution in [3.63, 3.8) is 0 Å². The number of rotatable bonds is 4. The van der Waals surface area contributed by atoms with Crippen LogP contribution in [0.3, 0.4) is 0 Å². The third-order valence-corrected chi connectivity index (χ3v) is 5.52. The van der Waals surface area contributed by atoms with Gasteiger partial charge in [0.05, 0.1) is 0 Å². The Morgan fingerprint density at radius 2 is 1.88 bits per heavy atom. The maximum absolute atomic E-state index is 13.1. The molecule has 1 amide bonds. The first-order valence-corrected chi connectivity index (χ1v) is 9.76. The van der Waals surface area contributed by atoms with Gasteiger partial charge in [0.15, 0.2) is 0 Å². The molecule has 0 aliphatic carbocycles. The van der Waals surface area contributed by atoms with Gasteiger partial charge < -0.3 is 14.7 Å². The van der Waals surface area contributed by atoms with Crippen molar-refractivity contribution in [3.05, 3.63) is 17.5 Å². The summed E-state index contributed by atoms with van der Waals surface area (Å²) >= 11 is 0. The van der Waals surface area contributed by atoms with Crippen LogP contribution in [0, 0.1) is 6.92 Å². The summed E-state index contributed by atoms with van der Waals surface area (Å²) in [7, 11) is 0. The third kappa shape index (κ3) is 4.11. The Bertz CT molecular complexity index is 597. The Labute approximate surface area is 151 Å². The number of likely N-dealkylation sites (N-methyl/N-ethyl adjacent to an activating group) is 1. The van der Waals surface area contributed by atoms with E-state index in [9.17, 15) is 4.79 Å². The largest absolute Gasteiger partial charge is 0.338 e. The third-order valence-electron chi connectivity index (χ3n) is 5.52. The van der Waals surface area contributed by atoms with Crippen molar-refractivity contribution in [2.45, 2.75) is 52.5 Å². The Morgan fingerprint density at radius 1 is 1.12 bits per heavy atom. The van der Waals surface area contributed by atoms with Crippen LogP contribution in [0.2, 0.25) is 0 Å². The van der Waals surface area contributed by atoms with Crippen LogP contribution < -0.4 is 4.90 Å². The van der Waals surface area contributed by atoms with E-state index in [4.69, 9.17) is 0 Å². The van der Waals surface area contributed by atoms with Crippen LogP contribution in [-0.4, -0.2) is 71.0 Å². The lowest BCUT2D eigenvalue weighted by Gasteiger charge is -2.36. The van der Waals surface area contributed by atoms with Gasteiger partial charge in [0, 0.05) is 44.5 Å². The number of aromatic nitrogens is 2.